The van der Waals surface area contributed by atoms with Crippen LogP contribution in [-0.2, 0) is 4.79 Å². The van der Waals surface area contributed by atoms with Crippen molar-refractivity contribution in [2.45, 2.75) is 0 Å². The Balaban J connectivity index is 2.37. The van der Waals surface area contributed by atoms with Crippen molar-refractivity contribution < 1.29 is 14.3 Å². The number of hydrogen-bond acceptors (Lipinski definition) is 3. The first kappa shape index (κ1) is 9.09. The van der Waals surface area contributed by atoms with Gasteiger partial charge in [0.05, 0.1) is 5.03 Å². The minimum Gasteiger partial charge on any atom is -0.454 e. The van der Waals surface area contributed by atoms with Crippen molar-refractivity contribution in [3.8, 4) is 11.5 Å². The summed E-state index contributed by atoms with van der Waals surface area (Å²) in [5.74, 6) is 1.35. The minimum absolute atomic E-state index is 0.230. The summed E-state index contributed by atoms with van der Waals surface area (Å²) in [5.41, 5.74) is 0.739. The Morgan fingerprint density at radius 1 is 1.36 bits per heavy atom. The van der Waals surface area contributed by atoms with Gasteiger partial charge >= 0.3 is 0 Å². The molecule has 0 N–H and O–H groups in total. The Morgan fingerprint density at radius 2 is 2.14 bits per heavy atom. The van der Waals surface area contributed by atoms with E-state index in [1.54, 1.807) is 18.2 Å². The second kappa shape index (κ2) is 3.72. The summed E-state index contributed by atoms with van der Waals surface area (Å²) in [6.07, 6.45) is 1.94. The Hall–Kier alpha value is -1.48. The molecule has 0 fully saturated rings. The molecule has 0 unspecified atom stereocenters. The molecule has 0 saturated carbocycles. The highest BCUT2D eigenvalue weighted by molar-refractivity contribution is 6.49. The maximum Gasteiger partial charge on any atom is 0.231 e. The van der Waals surface area contributed by atoms with Crippen LogP contribution in [0.1, 0.15) is 5.56 Å². The molecule has 2 rings (SSSR count). The number of halogens is 1. The zero-order valence-electron chi connectivity index (χ0n) is 7.20. The molecule has 1 aromatic rings. The largest absolute Gasteiger partial charge is 0.454 e. The number of aldehydes is 1. The fraction of sp³-hybridized carbons (Fsp3) is 0.100. The van der Waals surface area contributed by atoms with Crippen LogP contribution in [0.5, 0.6) is 11.5 Å². The van der Waals surface area contributed by atoms with Gasteiger partial charge in [0.1, 0.15) is 6.29 Å². The monoisotopic (exact) mass is 210 g/mol. The molecule has 1 aliphatic rings. The highest BCUT2D eigenvalue weighted by Gasteiger charge is 2.13. The van der Waals surface area contributed by atoms with E-state index in [1.165, 1.54) is 6.08 Å². The van der Waals surface area contributed by atoms with Crippen molar-refractivity contribution in [3.05, 3.63) is 29.8 Å². The first-order chi connectivity index (χ1) is 6.81. The zero-order chi connectivity index (χ0) is 9.97. The van der Waals surface area contributed by atoms with E-state index in [0.717, 1.165) is 5.56 Å². The van der Waals surface area contributed by atoms with Gasteiger partial charge in [-0.1, -0.05) is 11.6 Å². The van der Waals surface area contributed by atoms with E-state index in [-0.39, 0.29) is 6.79 Å². The molecule has 0 aromatic heterocycles. The van der Waals surface area contributed by atoms with E-state index < -0.39 is 0 Å². The van der Waals surface area contributed by atoms with E-state index in [4.69, 9.17) is 21.1 Å². The third-order valence-corrected chi connectivity index (χ3v) is 2.21. The summed E-state index contributed by atoms with van der Waals surface area (Å²) in [4.78, 5) is 10.2. The van der Waals surface area contributed by atoms with Gasteiger partial charge in [0.2, 0.25) is 6.79 Å². The van der Waals surface area contributed by atoms with Crippen LogP contribution in [0.2, 0.25) is 0 Å². The Morgan fingerprint density at radius 3 is 2.93 bits per heavy atom. The van der Waals surface area contributed by atoms with Crippen LogP contribution in [0.25, 0.3) is 5.03 Å². The van der Waals surface area contributed by atoms with Crippen LogP contribution in [0.3, 0.4) is 0 Å². The van der Waals surface area contributed by atoms with Crippen molar-refractivity contribution in [2.75, 3.05) is 6.79 Å². The van der Waals surface area contributed by atoms with Crippen molar-refractivity contribution in [3.63, 3.8) is 0 Å². The first-order valence-electron chi connectivity index (χ1n) is 4.02. The summed E-state index contributed by atoms with van der Waals surface area (Å²) >= 11 is 5.84. The van der Waals surface area contributed by atoms with Crippen molar-refractivity contribution in [1.82, 2.24) is 0 Å². The van der Waals surface area contributed by atoms with Crippen LogP contribution >= 0.6 is 11.6 Å². The number of benzene rings is 1. The third-order valence-electron chi connectivity index (χ3n) is 1.86. The topological polar surface area (TPSA) is 35.5 Å². The smallest absolute Gasteiger partial charge is 0.231 e. The highest BCUT2D eigenvalue weighted by atomic mass is 35.5. The summed E-state index contributed by atoms with van der Waals surface area (Å²) < 4.78 is 10.3. The quantitative estimate of drug-likeness (QED) is 0.555. The number of ether oxygens (including phenoxy) is 2. The molecular formula is C10H7ClO3. The summed E-state index contributed by atoms with van der Waals surface area (Å²) in [5, 5.41) is 0.387. The fourth-order valence-corrected chi connectivity index (χ4v) is 1.37. The van der Waals surface area contributed by atoms with Gasteiger partial charge in [-0.25, -0.2) is 0 Å². The maximum absolute atomic E-state index is 10.2. The van der Waals surface area contributed by atoms with Gasteiger partial charge in [-0.15, -0.1) is 0 Å². The van der Waals surface area contributed by atoms with Crippen molar-refractivity contribution in [2.24, 2.45) is 0 Å². The standard InChI is InChI=1S/C10H7ClO3/c11-8(3-4-12)7-1-2-9-10(5-7)14-6-13-9/h1-5H,6H2. The summed E-state index contributed by atoms with van der Waals surface area (Å²) in [6, 6.07) is 5.28. The first-order valence-corrected chi connectivity index (χ1v) is 4.40. The van der Waals surface area contributed by atoms with E-state index in [9.17, 15) is 4.79 Å². The third kappa shape index (κ3) is 1.59. The molecular weight excluding hydrogens is 204 g/mol. The van der Waals surface area contributed by atoms with Crippen LogP contribution in [0.4, 0.5) is 0 Å². The van der Waals surface area contributed by atoms with E-state index in [0.29, 0.717) is 22.8 Å². The predicted molar refractivity (Wildman–Crippen MR) is 52.5 cm³/mol. The SMILES string of the molecule is O=CC=C(Cl)c1ccc2c(c1)OCO2. The molecule has 0 bridgehead atoms. The number of carbonyl (C=O) groups is 1. The lowest BCUT2D eigenvalue weighted by Crippen LogP contribution is -1.92. The fourth-order valence-electron chi connectivity index (χ4n) is 1.20. The molecule has 4 heteroatoms. The maximum atomic E-state index is 10.2. The molecule has 72 valence electrons. The predicted octanol–water partition coefficient (Wildman–Crippen LogP) is 2.19. The molecule has 0 radical (unpaired) electrons. The summed E-state index contributed by atoms with van der Waals surface area (Å²) in [7, 11) is 0. The van der Waals surface area contributed by atoms with Crippen LogP contribution in [0.15, 0.2) is 24.3 Å². The van der Waals surface area contributed by atoms with Gasteiger partial charge < -0.3 is 9.47 Å². The molecule has 0 aliphatic carbocycles. The lowest BCUT2D eigenvalue weighted by atomic mass is 10.2. The Labute approximate surface area is 85.9 Å². The number of fused-ring (bicyclic) bond motifs is 1. The van der Waals surface area contributed by atoms with Crippen LogP contribution in [-0.4, -0.2) is 13.1 Å². The Kier molecular flexibility index (Phi) is 2.41. The summed E-state index contributed by atoms with van der Waals surface area (Å²) in [6.45, 7) is 0.230. The zero-order valence-corrected chi connectivity index (χ0v) is 7.95. The molecule has 0 atom stereocenters. The molecule has 1 aromatic carbocycles. The lowest BCUT2D eigenvalue weighted by Gasteiger charge is -2.00. The molecule has 1 aliphatic heterocycles. The highest BCUT2D eigenvalue weighted by Crippen LogP contribution is 2.35. The van der Waals surface area contributed by atoms with E-state index in [1.807, 2.05) is 0 Å². The van der Waals surface area contributed by atoms with Gasteiger partial charge in [0.25, 0.3) is 0 Å². The minimum atomic E-state index is 0.230. The van der Waals surface area contributed by atoms with Crippen molar-refractivity contribution in [1.29, 1.82) is 0 Å². The van der Waals surface area contributed by atoms with Gasteiger partial charge in [-0.2, -0.15) is 0 Å². The van der Waals surface area contributed by atoms with E-state index in [2.05, 4.69) is 0 Å². The average Bonchev–Trinajstić information content (AvgIpc) is 2.64. The second-order valence-electron chi connectivity index (χ2n) is 2.72. The number of allylic oxidation sites excluding steroid dienone is 1. The van der Waals surface area contributed by atoms with Gasteiger partial charge in [0.15, 0.2) is 11.5 Å². The number of carbonyl (C=O) groups excluding carboxylic acids is 1. The molecule has 0 amide bonds. The average molecular weight is 211 g/mol. The normalized spacial score (nSPS) is 14.2. The van der Waals surface area contributed by atoms with Crippen LogP contribution in [0, 0.1) is 0 Å². The van der Waals surface area contributed by atoms with Gasteiger partial charge in [0, 0.05) is 0 Å². The van der Waals surface area contributed by atoms with E-state index >= 15 is 0 Å². The molecule has 1 heterocycles. The lowest BCUT2D eigenvalue weighted by molar-refractivity contribution is -0.104. The molecule has 3 nitrogen and oxygen atoms in total. The van der Waals surface area contributed by atoms with Crippen molar-refractivity contribution >= 4 is 22.9 Å². The molecule has 0 saturated heterocycles. The van der Waals surface area contributed by atoms with Gasteiger partial charge in [-0.3, -0.25) is 4.79 Å². The number of rotatable bonds is 2. The Bertz CT molecular complexity index is 398. The molecule has 14 heavy (non-hydrogen) atoms. The molecule has 0 spiro atoms. The second-order valence-corrected chi connectivity index (χ2v) is 3.13. The van der Waals surface area contributed by atoms with Crippen LogP contribution < -0.4 is 9.47 Å². The van der Waals surface area contributed by atoms with Gasteiger partial charge in [-0.05, 0) is 29.8 Å². The number of hydrogen-bond donors (Lipinski definition) is 0.